The quantitative estimate of drug-likeness (QED) is 0.706. The Kier molecular flexibility index (Phi) is 4.65. The fourth-order valence-electron chi connectivity index (χ4n) is 3.27. The summed E-state index contributed by atoms with van der Waals surface area (Å²) in [5.41, 5.74) is 3.91. The van der Waals surface area contributed by atoms with Gasteiger partial charge in [0.25, 0.3) is 5.91 Å². The lowest BCUT2D eigenvalue weighted by molar-refractivity contribution is 0.0726. The van der Waals surface area contributed by atoms with E-state index in [1.807, 2.05) is 65.6 Å². The first-order chi connectivity index (χ1) is 12.8. The normalized spacial score (nSPS) is 12.3. The highest BCUT2D eigenvalue weighted by Gasteiger charge is 2.24. The topological polar surface area (TPSA) is 42.4 Å². The van der Waals surface area contributed by atoms with Gasteiger partial charge in [0.2, 0.25) is 0 Å². The van der Waals surface area contributed by atoms with E-state index in [2.05, 4.69) is 4.98 Å². The second-order valence-corrected chi connectivity index (χ2v) is 6.39. The maximum absolute atomic E-state index is 13.3. The highest BCUT2D eigenvalue weighted by Crippen LogP contribution is 2.31. The third-order valence-electron chi connectivity index (χ3n) is 4.57. The van der Waals surface area contributed by atoms with Gasteiger partial charge in [-0.15, -0.1) is 0 Å². The SMILES string of the molecule is O=C(c1cccc2c1OCC2)N(Cc1ccccc1)Cc1ccncc1. The van der Waals surface area contributed by atoms with Crippen LogP contribution in [-0.2, 0) is 19.5 Å². The molecule has 2 aromatic carbocycles. The van der Waals surface area contributed by atoms with Crippen LogP contribution in [0, 0.1) is 0 Å². The number of hydrogen-bond acceptors (Lipinski definition) is 3. The van der Waals surface area contributed by atoms with Crippen molar-refractivity contribution in [1.29, 1.82) is 0 Å². The molecule has 1 aliphatic rings. The average molecular weight is 344 g/mol. The number of pyridine rings is 1. The first-order valence-electron chi connectivity index (χ1n) is 8.78. The molecule has 0 unspecified atom stereocenters. The fourth-order valence-corrected chi connectivity index (χ4v) is 3.27. The molecule has 0 radical (unpaired) electrons. The van der Waals surface area contributed by atoms with Crippen molar-refractivity contribution in [2.45, 2.75) is 19.5 Å². The van der Waals surface area contributed by atoms with Gasteiger partial charge in [0.05, 0.1) is 12.2 Å². The Morgan fingerprint density at radius 2 is 1.65 bits per heavy atom. The number of fused-ring (bicyclic) bond motifs is 1. The molecule has 0 fully saturated rings. The molecule has 4 heteroatoms. The predicted octanol–water partition coefficient (Wildman–Crippen LogP) is 3.86. The van der Waals surface area contributed by atoms with Crippen LogP contribution in [0.2, 0.25) is 0 Å². The standard InChI is InChI=1S/C22H20N2O2/c25-22(20-8-4-7-19-11-14-26-21(19)20)24(15-17-5-2-1-3-6-17)16-18-9-12-23-13-10-18/h1-10,12-13H,11,14-16H2. The van der Waals surface area contributed by atoms with Crippen LogP contribution in [0.3, 0.4) is 0 Å². The second kappa shape index (κ2) is 7.40. The van der Waals surface area contributed by atoms with Crippen molar-refractivity contribution in [2.24, 2.45) is 0 Å². The summed E-state index contributed by atoms with van der Waals surface area (Å²) in [5.74, 6) is 0.731. The summed E-state index contributed by atoms with van der Waals surface area (Å²) >= 11 is 0. The Bertz CT molecular complexity index is 853. The predicted molar refractivity (Wildman–Crippen MR) is 99.9 cm³/mol. The van der Waals surface area contributed by atoms with Crippen LogP contribution in [0.15, 0.2) is 73.1 Å². The van der Waals surface area contributed by atoms with E-state index >= 15 is 0 Å². The zero-order valence-corrected chi connectivity index (χ0v) is 14.5. The first-order valence-corrected chi connectivity index (χ1v) is 8.78. The third-order valence-corrected chi connectivity index (χ3v) is 4.57. The maximum atomic E-state index is 13.3. The Balaban J connectivity index is 1.65. The number of para-hydroxylation sites is 1. The number of ether oxygens (including phenoxy) is 1. The monoisotopic (exact) mass is 344 g/mol. The van der Waals surface area contributed by atoms with Crippen molar-refractivity contribution in [1.82, 2.24) is 9.88 Å². The Hall–Kier alpha value is -3.14. The van der Waals surface area contributed by atoms with E-state index in [0.29, 0.717) is 25.3 Å². The molecule has 0 atom stereocenters. The highest BCUT2D eigenvalue weighted by molar-refractivity contribution is 5.97. The fraction of sp³-hybridized carbons (Fsp3) is 0.182. The molecule has 0 saturated heterocycles. The van der Waals surface area contributed by atoms with E-state index in [4.69, 9.17) is 4.74 Å². The van der Waals surface area contributed by atoms with Gasteiger partial charge in [-0.25, -0.2) is 0 Å². The molecule has 4 nitrogen and oxygen atoms in total. The summed E-state index contributed by atoms with van der Waals surface area (Å²) in [6.45, 7) is 1.72. The van der Waals surface area contributed by atoms with Crippen LogP contribution in [0.25, 0.3) is 0 Å². The van der Waals surface area contributed by atoms with Gasteiger partial charge in [0.1, 0.15) is 5.75 Å². The van der Waals surface area contributed by atoms with Crippen molar-refractivity contribution in [3.05, 3.63) is 95.3 Å². The van der Waals surface area contributed by atoms with Crippen LogP contribution in [-0.4, -0.2) is 22.4 Å². The van der Waals surface area contributed by atoms with Crippen LogP contribution >= 0.6 is 0 Å². The zero-order chi connectivity index (χ0) is 17.8. The van der Waals surface area contributed by atoms with Crippen LogP contribution in [0.1, 0.15) is 27.0 Å². The molecule has 26 heavy (non-hydrogen) atoms. The summed E-state index contributed by atoms with van der Waals surface area (Å²) in [5, 5.41) is 0. The molecule has 0 N–H and O–H groups in total. The Labute approximate surface area is 153 Å². The van der Waals surface area contributed by atoms with Gasteiger partial charge in [-0.05, 0) is 34.9 Å². The lowest BCUT2D eigenvalue weighted by atomic mass is 10.1. The Morgan fingerprint density at radius 1 is 0.923 bits per heavy atom. The lowest BCUT2D eigenvalue weighted by Gasteiger charge is -2.24. The van der Waals surface area contributed by atoms with Gasteiger partial charge >= 0.3 is 0 Å². The van der Waals surface area contributed by atoms with E-state index < -0.39 is 0 Å². The van der Waals surface area contributed by atoms with Crippen molar-refractivity contribution in [3.8, 4) is 5.75 Å². The maximum Gasteiger partial charge on any atom is 0.258 e. The smallest absolute Gasteiger partial charge is 0.258 e. The molecule has 2 heterocycles. The largest absolute Gasteiger partial charge is 0.492 e. The van der Waals surface area contributed by atoms with Crippen molar-refractivity contribution in [3.63, 3.8) is 0 Å². The van der Waals surface area contributed by atoms with E-state index in [-0.39, 0.29) is 5.91 Å². The molecule has 0 bridgehead atoms. The third kappa shape index (κ3) is 3.45. The molecule has 3 aromatic rings. The van der Waals surface area contributed by atoms with Gasteiger partial charge in [0.15, 0.2) is 0 Å². The number of nitrogens with zero attached hydrogens (tertiary/aromatic N) is 2. The van der Waals surface area contributed by atoms with Crippen molar-refractivity contribution in [2.75, 3.05) is 6.61 Å². The average Bonchev–Trinajstić information content (AvgIpc) is 3.17. The number of benzene rings is 2. The number of hydrogen-bond donors (Lipinski definition) is 0. The Morgan fingerprint density at radius 3 is 2.42 bits per heavy atom. The van der Waals surface area contributed by atoms with Gasteiger partial charge < -0.3 is 9.64 Å². The van der Waals surface area contributed by atoms with Crippen LogP contribution in [0.5, 0.6) is 5.75 Å². The van der Waals surface area contributed by atoms with E-state index in [0.717, 1.165) is 28.9 Å². The van der Waals surface area contributed by atoms with Gasteiger partial charge in [-0.2, -0.15) is 0 Å². The number of rotatable bonds is 5. The van der Waals surface area contributed by atoms with E-state index in [9.17, 15) is 4.79 Å². The molecule has 130 valence electrons. The number of amides is 1. The number of carbonyl (C=O) groups is 1. The molecule has 4 rings (SSSR count). The minimum Gasteiger partial charge on any atom is -0.492 e. The second-order valence-electron chi connectivity index (χ2n) is 6.39. The molecule has 1 aliphatic heterocycles. The van der Waals surface area contributed by atoms with Gasteiger partial charge in [-0.1, -0.05) is 42.5 Å². The first kappa shape index (κ1) is 16.3. The molecule has 0 spiro atoms. The molecule has 0 saturated carbocycles. The summed E-state index contributed by atoms with van der Waals surface area (Å²) in [6.07, 6.45) is 4.37. The molecule has 1 amide bonds. The van der Waals surface area contributed by atoms with E-state index in [1.165, 1.54) is 0 Å². The minimum absolute atomic E-state index is 0.00980. The summed E-state index contributed by atoms with van der Waals surface area (Å²) in [6, 6.07) is 19.8. The van der Waals surface area contributed by atoms with Gasteiger partial charge in [0, 0.05) is 31.9 Å². The van der Waals surface area contributed by atoms with Crippen molar-refractivity contribution < 1.29 is 9.53 Å². The minimum atomic E-state index is -0.00980. The number of carbonyl (C=O) groups excluding carboxylic acids is 1. The van der Waals surface area contributed by atoms with Crippen molar-refractivity contribution >= 4 is 5.91 Å². The molecule has 1 aromatic heterocycles. The zero-order valence-electron chi connectivity index (χ0n) is 14.5. The summed E-state index contributed by atoms with van der Waals surface area (Å²) in [7, 11) is 0. The van der Waals surface area contributed by atoms with Gasteiger partial charge in [-0.3, -0.25) is 9.78 Å². The van der Waals surface area contributed by atoms with E-state index in [1.54, 1.807) is 12.4 Å². The molecular weight excluding hydrogens is 324 g/mol. The molecule has 0 aliphatic carbocycles. The van der Waals surface area contributed by atoms with Crippen LogP contribution in [0.4, 0.5) is 0 Å². The summed E-state index contributed by atoms with van der Waals surface area (Å²) < 4.78 is 5.74. The number of aromatic nitrogens is 1. The van der Waals surface area contributed by atoms with Crippen LogP contribution < -0.4 is 4.74 Å². The summed E-state index contributed by atoms with van der Waals surface area (Å²) in [4.78, 5) is 19.3. The highest BCUT2D eigenvalue weighted by atomic mass is 16.5. The molecular formula is C22H20N2O2. The lowest BCUT2D eigenvalue weighted by Crippen LogP contribution is -2.30.